The van der Waals surface area contributed by atoms with Gasteiger partial charge in [0.05, 0.1) is 12.3 Å². The molecule has 0 amide bonds. The summed E-state index contributed by atoms with van der Waals surface area (Å²) in [6, 6.07) is 0. The zero-order chi connectivity index (χ0) is 7.33. The fourth-order valence-corrected chi connectivity index (χ4v) is 0.931. The average Bonchev–Trinajstić information content (AvgIpc) is 1.84. The molecule has 0 unspecified atom stereocenters. The summed E-state index contributed by atoms with van der Waals surface area (Å²) in [6.07, 6.45) is 0. The summed E-state index contributed by atoms with van der Waals surface area (Å²) in [4.78, 5) is 0. The fourth-order valence-electron chi connectivity index (χ4n) is 0.310. The fraction of sp³-hybridized carbons (Fsp3) is 1.00. The first-order chi connectivity index (χ1) is 4.12. The molecule has 0 spiro atoms. The van der Waals surface area contributed by atoms with Crippen LogP contribution in [0.4, 0.5) is 8.78 Å². The van der Waals surface area contributed by atoms with Crippen molar-refractivity contribution in [3.63, 3.8) is 0 Å². The van der Waals surface area contributed by atoms with Crippen LogP contribution in [0.3, 0.4) is 0 Å². The van der Waals surface area contributed by atoms with Crippen molar-refractivity contribution in [2.75, 3.05) is 18.1 Å². The molecule has 0 aliphatic carbocycles. The molecular weight excluding hydrogens is 144 g/mol. The van der Waals surface area contributed by atoms with E-state index in [4.69, 9.17) is 5.73 Å². The molecule has 4 heteroatoms. The number of nitrogens with two attached hydrogens (primary N) is 1. The van der Waals surface area contributed by atoms with Crippen LogP contribution < -0.4 is 5.73 Å². The number of hydrogen-bond donors (Lipinski definition) is 1. The first-order valence-electron chi connectivity index (χ1n) is 2.78. The van der Waals surface area contributed by atoms with E-state index in [9.17, 15) is 8.78 Å². The maximum Gasteiger partial charge on any atom is 0.268 e. The van der Waals surface area contributed by atoms with Crippen molar-refractivity contribution in [2.24, 2.45) is 5.73 Å². The Balaban J connectivity index is 3.33. The number of rotatable bonds is 4. The van der Waals surface area contributed by atoms with E-state index in [-0.39, 0.29) is 5.75 Å². The van der Waals surface area contributed by atoms with E-state index >= 15 is 0 Å². The van der Waals surface area contributed by atoms with Crippen LogP contribution in [0.2, 0.25) is 0 Å². The molecule has 0 atom stereocenters. The predicted octanol–water partition coefficient (Wildman–Crippen LogP) is 1.33. The molecule has 56 valence electrons. The van der Waals surface area contributed by atoms with Crippen molar-refractivity contribution in [3.05, 3.63) is 0 Å². The first kappa shape index (κ1) is 9.17. The SMILES string of the molecule is CCSCC(F)(F)CN. The van der Waals surface area contributed by atoms with Gasteiger partial charge in [0.15, 0.2) is 0 Å². The van der Waals surface area contributed by atoms with Gasteiger partial charge in [-0.1, -0.05) is 6.92 Å². The van der Waals surface area contributed by atoms with E-state index < -0.39 is 12.5 Å². The van der Waals surface area contributed by atoms with Gasteiger partial charge in [-0.15, -0.1) is 0 Å². The van der Waals surface area contributed by atoms with E-state index in [0.717, 1.165) is 5.75 Å². The van der Waals surface area contributed by atoms with Gasteiger partial charge in [0.1, 0.15) is 0 Å². The lowest BCUT2D eigenvalue weighted by molar-refractivity contribution is 0.0376. The van der Waals surface area contributed by atoms with E-state index in [1.807, 2.05) is 6.92 Å². The Bertz CT molecular complexity index is 77.4. The second-order valence-corrected chi connectivity index (χ2v) is 2.97. The van der Waals surface area contributed by atoms with Gasteiger partial charge in [-0.05, 0) is 5.75 Å². The zero-order valence-electron chi connectivity index (χ0n) is 5.36. The third-order valence-electron chi connectivity index (χ3n) is 0.816. The van der Waals surface area contributed by atoms with Crippen LogP contribution in [-0.4, -0.2) is 24.0 Å². The molecule has 0 saturated heterocycles. The van der Waals surface area contributed by atoms with Crippen LogP contribution in [0.5, 0.6) is 0 Å². The lowest BCUT2D eigenvalue weighted by Crippen LogP contribution is -2.30. The van der Waals surface area contributed by atoms with Crippen LogP contribution in [0.1, 0.15) is 6.92 Å². The van der Waals surface area contributed by atoms with Crippen LogP contribution >= 0.6 is 11.8 Å². The molecule has 0 saturated carbocycles. The summed E-state index contributed by atoms with van der Waals surface area (Å²) in [5.74, 6) is -2.10. The Morgan fingerprint density at radius 1 is 1.56 bits per heavy atom. The largest absolute Gasteiger partial charge is 0.325 e. The third-order valence-corrected chi connectivity index (χ3v) is 1.85. The monoisotopic (exact) mass is 155 g/mol. The molecule has 0 bridgehead atoms. The molecule has 0 aliphatic heterocycles. The zero-order valence-corrected chi connectivity index (χ0v) is 6.18. The molecule has 0 aliphatic rings. The van der Waals surface area contributed by atoms with E-state index in [1.54, 1.807) is 0 Å². The summed E-state index contributed by atoms with van der Waals surface area (Å²) in [5.41, 5.74) is 4.78. The summed E-state index contributed by atoms with van der Waals surface area (Å²) in [5, 5.41) is 0. The second kappa shape index (κ2) is 4.06. The molecule has 0 aromatic heterocycles. The van der Waals surface area contributed by atoms with E-state index in [2.05, 4.69) is 0 Å². The van der Waals surface area contributed by atoms with Crippen LogP contribution in [-0.2, 0) is 0 Å². The Hall–Kier alpha value is 0.170. The minimum Gasteiger partial charge on any atom is -0.325 e. The van der Waals surface area contributed by atoms with Gasteiger partial charge in [-0.2, -0.15) is 11.8 Å². The number of thioether (sulfide) groups is 1. The van der Waals surface area contributed by atoms with Crippen molar-refractivity contribution in [2.45, 2.75) is 12.8 Å². The highest BCUT2D eigenvalue weighted by atomic mass is 32.2. The van der Waals surface area contributed by atoms with Crippen LogP contribution in [0.25, 0.3) is 0 Å². The Labute approximate surface area is 58.0 Å². The van der Waals surface area contributed by atoms with Gasteiger partial charge in [0, 0.05) is 0 Å². The van der Waals surface area contributed by atoms with Crippen LogP contribution in [0.15, 0.2) is 0 Å². The van der Waals surface area contributed by atoms with Crippen LogP contribution in [0, 0.1) is 0 Å². The molecule has 0 rings (SSSR count). The third kappa shape index (κ3) is 4.66. The maximum atomic E-state index is 12.2. The smallest absolute Gasteiger partial charge is 0.268 e. The van der Waals surface area contributed by atoms with Crippen molar-refractivity contribution in [1.82, 2.24) is 0 Å². The molecule has 0 radical (unpaired) electrons. The second-order valence-electron chi connectivity index (χ2n) is 1.70. The summed E-state index contributed by atoms with van der Waals surface area (Å²) in [6.45, 7) is 1.30. The van der Waals surface area contributed by atoms with Crippen molar-refractivity contribution < 1.29 is 8.78 Å². The highest BCUT2D eigenvalue weighted by molar-refractivity contribution is 7.99. The molecule has 2 N–H and O–H groups in total. The molecular formula is C5H11F2NS. The lowest BCUT2D eigenvalue weighted by Gasteiger charge is -2.11. The van der Waals surface area contributed by atoms with Crippen molar-refractivity contribution >= 4 is 11.8 Å². The minimum absolute atomic E-state index is 0.153. The normalized spacial score (nSPS) is 12.0. The highest BCUT2D eigenvalue weighted by Gasteiger charge is 2.25. The number of hydrogen-bond acceptors (Lipinski definition) is 2. The van der Waals surface area contributed by atoms with Gasteiger partial charge in [-0.3, -0.25) is 0 Å². The lowest BCUT2D eigenvalue weighted by atomic mass is 10.4. The van der Waals surface area contributed by atoms with Gasteiger partial charge in [0.2, 0.25) is 0 Å². The standard InChI is InChI=1S/C5H11F2NS/c1-2-9-4-5(6,7)3-8/h2-4,8H2,1H3. The average molecular weight is 155 g/mol. The Morgan fingerprint density at radius 2 is 2.11 bits per heavy atom. The Morgan fingerprint density at radius 3 is 2.44 bits per heavy atom. The van der Waals surface area contributed by atoms with E-state index in [0.29, 0.717) is 0 Å². The quantitative estimate of drug-likeness (QED) is 0.663. The van der Waals surface area contributed by atoms with Gasteiger partial charge in [0.25, 0.3) is 5.92 Å². The molecule has 0 heterocycles. The molecule has 1 nitrogen and oxygen atoms in total. The van der Waals surface area contributed by atoms with E-state index in [1.165, 1.54) is 11.8 Å². The molecule has 0 aromatic carbocycles. The number of alkyl halides is 2. The molecule has 9 heavy (non-hydrogen) atoms. The summed E-state index contributed by atoms with van der Waals surface area (Å²) in [7, 11) is 0. The van der Waals surface area contributed by atoms with Crippen molar-refractivity contribution in [3.8, 4) is 0 Å². The molecule has 0 fully saturated rings. The maximum absolute atomic E-state index is 12.2. The summed E-state index contributed by atoms with van der Waals surface area (Å²) >= 11 is 1.21. The highest BCUT2D eigenvalue weighted by Crippen LogP contribution is 2.17. The van der Waals surface area contributed by atoms with Gasteiger partial charge >= 0.3 is 0 Å². The minimum atomic E-state index is -2.67. The van der Waals surface area contributed by atoms with Gasteiger partial charge < -0.3 is 5.73 Å². The summed E-state index contributed by atoms with van der Waals surface area (Å²) < 4.78 is 24.4. The van der Waals surface area contributed by atoms with Gasteiger partial charge in [-0.25, -0.2) is 8.78 Å². The topological polar surface area (TPSA) is 26.0 Å². The van der Waals surface area contributed by atoms with Crippen molar-refractivity contribution in [1.29, 1.82) is 0 Å². The number of halogens is 2. The first-order valence-corrected chi connectivity index (χ1v) is 3.93. The predicted molar refractivity (Wildman–Crippen MR) is 37.0 cm³/mol. The Kier molecular flexibility index (Phi) is 4.14. The molecule has 0 aromatic rings.